The lowest BCUT2D eigenvalue weighted by atomic mass is 9.90. The molecule has 1 aliphatic carbocycles. The highest BCUT2D eigenvalue weighted by molar-refractivity contribution is 7.47. The molecule has 0 aromatic rings. The SMILES string of the molecule is CCCCC[C@H](O)/C=C/[C@H]1[C@H](O)CC(=O)[C@@H]1C/C=C\CCCC(=O)OC[C@H](COP(=O)(O)OC[C@@H](O)COP(=O)(O)O)OC(=O)CCCCCCCCCCCCCCCCCCC(C)C. The van der Waals surface area contributed by atoms with Crippen LogP contribution in [0.15, 0.2) is 24.3 Å². The standard InChI is InChI=1S/C48H88O16P2/c1-4-5-22-28-40(49)32-33-44-43(45(51)34-46(44)52)29-24-20-21-25-30-47(53)60-37-42(38-63-66(58,59)62-36-41(50)35-61-65(55,56)57)64-48(54)31-26-19-17-15-13-11-9-7-6-8-10-12-14-16-18-23-27-39(2)3/h20,24,32-33,39-44,46,49-50,52H,4-19,21-23,25-31,34-38H2,1-3H3,(H,58,59)(H2,55,56,57)/b24-20-,33-32+/t40-,41-,42+,43+,44+,46+/m0/s1. The summed E-state index contributed by atoms with van der Waals surface area (Å²) in [4.78, 5) is 65.7. The molecular formula is C48H88O16P2. The van der Waals surface area contributed by atoms with Crippen molar-refractivity contribution in [2.75, 3.05) is 26.4 Å². The fourth-order valence-corrected chi connectivity index (χ4v) is 8.91. The van der Waals surface area contributed by atoms with Gasteiger partial charge < -0.3 is 39.5 Å². The van der Waals surface area contributed by atoms with Crippen molar-refractivity contribution < 1.29 is 76.6 Å². The van der Waals surface area contributed by atoms with E-state index in [2.05, 4.69) is 29.8 Å². The zero-order chi connectivity index (χ0) is 49.1. The van der Waals surface area contributed by atoms with Crippen molar-refractivity contribution in [3.63, 3.8) is 0 Å². The van der Waals surface area contributed by atoms with Gasteiger partial charge in [0.1, 0.15) is 18.5 Å². The van der Waals surface area contributed by atoms with Crippen LogP contribution < -0.4 is 0 Å². The molecule has 0 aromatic heterocycles. The summed E-state index contributed by atoms with van der Waals surface area (Å²) >= 11 is 0. The van der Waals surface area contributed by atoms with Crippen molar-refractivity contribution in [2.24, 2.45) is 17.8 Å². The number of esters is 2. The summed E-state index contributed by atoms with van der Waals surface area (Å²) in [5, 5.41) is 30.5. The number of hydrogen-bond acceptors (Lipinski definition) is 13. The molecule has 0 amide bonds. The van der Waals surface area contributed by atoms with Gasteiger partial charge in [0.25, 0.3) is 0 Å². The number of ether oxygens (including phenoxy) is 2. The van der Waals surface area contributed by atoms with E-state index >= 15 is 0 Å². The quantitative estimate of drug-likeness (QED) is 0.0144. The number of carbonyl (C=O) groups is 3. The van der Waals surface area contributed by atoms with Crippen LogP contribution in [-0.4, -0.2) is 98.6 Å². The number of hydrogen-bond donors (Lipinski definition) is 6. The van der Waals surface area contributed by atoms with E-state index in [-0.39, 0.29) is 31.0 Å². The summed E-state index contributed by atoms with van der Waals surface area (Å²) in [6, 6.07) is 0. The second-order valence-corrected chi connectivity index (χ2v) is 21.0. The highest BCUT2D eigenvalue weighted by Crippen LogP contribution is 2.44. The molecule has 1 rings (SSSR count). The monoisotopic (exact) mass is 983 g/mol. The van der Waals surface area contributed by atoms with Crippen LogP contribution in [0.5, 0.6) is 0 Å². The number of aliphatic hydroxyl groups is 3. The van der Waals surface area contributed by atoms with Crippen molar-refractivity contribution in [3.05, 3.63) is 24.3 Å². The Kier molecular flexibility index (Phi) is 35.8. The van der Waals surface area contributed by atoms with Gasteiger partial charge in [0.15, 0.2) is 6.10 Å². The highest BCUT2D eigenvalue weighted by atomic mass is 31.2. The maximum absolute atomic E-state index is 12.8. The first kappa shape index (κ1) is 62.2. The molecule has 0 aromatic carbocycles. The molecule has 0 bridgehead atoms. The Morgan fingerprint density at radius 1 is 0.682 bits per heavy atom. The number of ketones is 1. The summed E-state index contributed by atoms with van der Waals surface area (Å²) in [5.74, 6) is -1.24. The van der Waals surface area contributed by atoms with Crippen LogP contribution in [0.4, 0.5) is 0 Å². The van der Waals surface area contributed by atoms with Crippen molar-refractivity contribution in [2.45, 2.75) is 219 Å². The van der Waals surface area contributed by atoms with Gasteiger partial charge in [-0.05, 0) is 38.0 Å². The third-order valence-corrected chi connectivity index (χ3v) is 13.1. The van der Waals surface area contributed by atoms with E-state index < -0.39 is 84.3 Å². The number of rotatable bonds is 43. The molecule has 0 spiro atoms. The van der Waals surface area contributed by atoms with E-state index in [9.17, 15) is 43.7 Å². The maximum atomic E-state index is 12.8. The minimum absolute atomic E-state index is 0.00323. The second-order valence-electron chi connectivity index (χ2n) is 18.4. The van der Waals surface area contributed by atoms with Gasteiger partial charge in [-0.25, -0.2) is 9.13 Å². The largest absolute Gasteiger partial charge is 0.472 e. The number of phosphoric acid groups is 2. The van der Waals surface area contributed by atoms with Crippen LogP contribution in [0.2, 0.25) is 0 Å². The summed E-state index contributed by atoms with van der Waals surface area (Å²) in [6.07, 6.45) is 28.2. The summed E-state index contributed by atoms with van der Waals surface area (Å²) < 4.78 is 47.9. The van der Waals surface area contributed by atoms with Gasteiger partial charge in [0.05, 0.1) is 32.0 Å². The van der Waals surface area contributed by atoms with Crippen molar-refractivity contribution >= 4 is 33.4 Å². The predicted molar refractivity (Wildman–Crippen MR) is 254 cm³/mol. The van der Waals surface area contributed by atoms with Gasteiger partial charge in [0.2, 0.25) is 0 Å². The van der Waals surface area contributed by atoms with Gasteiger partial charge in [-0.2, -0.15) is 0 Å². The van der Waals surface area contributed by atoms with Crippen LogP contribution in [0.25, 0.3) is 0 Å². The van der Waals surface area contributed by atoms with Gasteiger partial charge in [0, 0.05) is 31.1 Å². The van der Waals surface area contributed by atoms with Gasteiger partial charge in [-0.1, -0.05) is 167 Å². The number of allylic oxidation sites excluding steroid dienone is 2. The minimum atomic E-state index is -4.90. The molecule has 1 fully saturated rings. The van der Waals surface area contributed by atoms with Crippen LogP contribution in [0.1, 0.15) is 194 Å². The average Bonchev–Trinajstić information content (AvgIpc) is 3.53. The van der Waals surface area contributed by atoms with Gasteiger partial charge >= 0.3 is 27.6 Å². The van der Waals surface area contributed by atoms with Crippen molar-refractivity contribution in [3.8, 4) is 0 Å². The minimum Gasteiger partial charge on any atom is -0.462 e. The predicted octanol–water partition coefficient (Wildman–Crippen LogP) is 9.90. The maximum Gasteiger partial charge on any atom is 0.472 e. The molecule has 386 valence electrons. The van der Waals surface area contributed by atoms with Crippen LogP contribution in [-0.2, 0) is 46.6 Å². The van der Waals surface area contributed by atoms with E-state index in [0.717, 1.165) is 50.9 Å². The summed E-state index contributed by atoms with van der Waals surface area (Å²) in [5.41, 5.74) is 0. The Bertz CT molecular complexity index is 1430. The first-order chi connectivity index (χ1) is 31.4. The molecule has 66 heavy (non-hydrogen) atoms. The molecule has 0 aliphatic heterocycles. The fraction of sp³-hybridized carbons (Fsp3) is 0.854. The first-order valence-electron chi connectivity index (χ1n) is 25.0. The summed E-state index contributed by atoms with van der Waals surface area (Å²) in [7, 11) is -9.77. The lowest BCUT2D eigenvalue weighted by Gasteiger charge is -2.20. The number of carbonyl (C=O) groups excluding carboxylic acids is 3. The molecule has 0 saturated heterocycles. The zero-order valence-electron chi connectivity index (χ0n) is 40.4. The van der Waals surface area contributed by atoms with Crippen LogP contribution in [0.3, 0.4) is 0 Å². The van der Waals surface area contributed by atoms with E-state index in [1.807, 2.05) is 12.2 Å². The Hall–Kier alpha value is -1.81. The topological polar surface area (TPSA) is 253 Å². The van der Waals surface area contributed by atoms with Crippen LogP contribution in [0, 0.1) is 17.8 Å². The molecular weight excluding hydrogens is 894 g/mol. The number of aliphatic hydroxyl groups excluding tert-OH is 3. The summed E-state index contributed by atoms with van der Waals surface area (Å²) in [6.45, 7) is 3.72. The Labute approximate surface area is 395 Å². The number of unbranched alkanes of at least 4 members (excludes halogenated alkanes) is 18. The molecule has 6 N–H and O–H groups in total. The van der Waals surface area contributed by atoms with E-state index in [0.29, 0.717) is 32.1 Å². The molecule has 18 heteroatoms. The second kappa shape index (κ2) is 38.0. The van der Waals surface area contributed by atoms with Gasteiger partial charge in [-0.3, -0.25) is 28.0 Å². The average molecular weight is 983 g/mol. The third kappa shape index (κ3) is 35.3. The molecule has 1 unspecified atom stereocenters. The molecule has 7 atom stereocenters. The van der Waals surface area contributed by atoms with E-state index in [1.165, 1.54) is 77.0 Å². The lowest BCUT2D eigenvalue weighted by Crippen LogP contribution is -2.30. The fourth-order valence-electron chi connectivity index (χ4n) is 7.75. The van der Waals surface area contributed by atoms with Crippen molar-refractivity contribution in [1.82, 2.24) is 0 Å². The number of phosphoric ester groups is 2. The van der Waals surface area contributed by atoms with E-state index in [1.54, 1.807) is 12.2 Å². The van der Waals surface area contributed by atoms with Crippen LogP contribution >= 0.6 is 15.6 Å². The van der Waals surface area contributed by atoms with Gasteiger partial charge in [-0.15, -0.1) is 0 Å². The third-order valence-electron chi connectivity index (χ3n) is 11.6. The Balaban J connectivity index is 2.49. The van der Waals surface area contributed by atoms with Crippen molar-refractivity contribution in [1.29, 1.82) is 0 Å². The first-order valence-corrected chi connectivity index (χ1v) is 28.0. The Morgan fingerprint density at radius 2 is 1.21 bits per heavy atom. The normalized spacial score (nSPS) is 19.2. The highest BCUT2D eigenvalue weighted by Gasteiger charge is 2.39. The van der Waals surface area contributed by atoms with E-state index in [4.69, 9.17) is 23.8 Å². The lowest BCUT2D eigenvalue weighted by molar-refractivity contribution is -0.161. The smallest absolute Gasteiger partial charge is 0.462 e. The molecule has 1 aliphatic rings. The molecule has 0 radical (unpaired) electrons. The zero-order valence-corrected chi connectivity index (χ0v) is 42.2. The Morgan fingerprint density at radius 3 is 1.79 bits per heavy atom. The molecule has 0 heterocycles. The molecule has 16 nitrogen and oxygen atoms in total. The number of Topliss-reactive ketones (excluding diaryl/α,β-unsaturated/α-hetero) is 1. The molecule has 1 saturated carbocycles.